The molecule has 1 N–H and O–H groups in total. The molecule has 0 aliphatic rings. The number of aromatic nitrogens is 5. The molecule has 3 heterocycles. The van der Waals surface area contributed by atoms with Gasteiger partial charge in [0.25, 0.3) is 5.56 Å². The van der Waals surface area contributed by atoms with Gasteiger partial charge < -0.3 is 9.40 Å². The average molecular weight is 345 g/mol. The van der Waals surface area contributed by atoms with E-state index in [9.17, 15) is 4.79 Å². The smallest absolute Gasteiger partial charge is 0.251 e. The largest absolute Gasteiger partial charge is 0.461 e. The molecule has 0 unspecified atom stereocenters. The molecule has 126 valence electrons. The van der Waals surface area contributed by atoms with Crippen LogP contribution in [0.2, 0.25) is 0 Å². The highest BCUT2D eigenvalue weighted by Crippen LogP contribution is 2.26. The first-order valence-corrected chi connectivity index (χ1v) is 8.68. The summed E-state index contributed by atoms with van der Waals surface area (Å²) in [6, 6.07) is 5.18. The van der Waals surface area contributed by atoms with Crippen LogP contribution in [0, 0.1) is 12.8 Å². The highest BCUT2D eigenvalue weighted by Gasteiger charge is 2.17. The molecular weight excluding hydrogens is 326 g/mol. The van der Waals surface area contributed by atoms with Crippen LogP contribution in [-0.2, 0) is 12.3 Å². The third-order valence-corrected chi connectivity index (χ3v) is 4.24. The van der Waals surface area contributed by atoms with Crippen LogP contribution in [0.25, 0.3) is 11.6 Å². The Morgan fingerprint density at radius 2 is 2.21 bits per heavy atom. The third-order valence-electron chi connectivity index (χ3n) is 3.26. The van der Waals surface area contributed by atoms with Crippen molar-refractivity contribution < 1.29 is 4.42 Å². The van der Waals surface area contributed by atoms with E-state index >= 15 is 0 Å². The van der Waals surface area contributed by atoms with Crippen molar-refractivity contribution in [3.05, 3.63) is 46.3 Å². The van der Waals surface area contributed by atoms with E-state index in [1.54, 1.807) is 13.2 Å². The number of hydrogen-bond donors (Lipinski definition) is 1. The molecule has 3 aromatic heterocycles. The summed E-state index contributed by atoms with van der Waals surface area (Å²) in [7, 11) is 0. The van der Waals surface area contributed by atoms with Crippen molar-refractivity contribution in [2.24, 2.45) is 5.92 Å². The van der Waals surface area contributed by atoms with E-state index in [1.807, 2.05) is 16.7 Å². The second-order valence-corrected chi connectivity index (χ2v) is 6.85. The molecule has 0 fully saturated rings. The van der Waals surface area contributed by atoms with Gasteiger partial charge in [-0.25, -0.2) is 4.98 Å². The van der Waals surface area contributed by atoms with Gasteiger partial charge in [-0.15, -0.1) is 10.2 Å². The van der Waals surface area contributed by atoms with Gasteiger partial charge in [-0.05, 0) is 25.0 Å². The van der Waals surface area contributed by atoms with E-state index in [-0.39, 0.29) is 5.56 Å². The first-order valence-electron chi connectivity index (χ1n) is 7.69. The fourth-order valence-electron chi connectivity index (χ4n) is 2.36. The Balaban J connectivity index is 1.86. The van der Waals surface area contributed by atoms with Gasteiger partial charge in [0.15, 0.2) is 16.7 Å². The molecule has 0 radical (unpaired) electrons. The number of H-pyrrole nitrogens is 1. The maximum atomic E-state index is 11.5. The van der Waals surface area contributed by atoms with Crippen molar-refractivity contribution >= 4 is 11.8 Å². The van der Waals surface area contributed by atoms with Gasteiger partial charge in [0.05, 0.1) is 12.0 Å². The van der Waals surface area contributed by atoms with Crippen molar-refractivity contribution in [2.45, 2.75) is 38.2 Å². The van der Waals surface area contributed by atoms with Crippen molar-refractivity contribution in [3.8, 4) is 11.6 Å². The number of aryl methyl sites for hydroxylation is 1. The number of aromatic amines is 1. The lowest BCUT2D eigenvalue weighted by Gasteiger charge is -2.11. The normalized spacial score (nSPS) is 11.3. The van der Waals surface area contributed by atoms with E-state index in [4.69, 9.17) is 4.42 Å². The summed E-state index contributed by atoms with van der Waals surface area (Å²) in [4.78, 5) is 18.6. The van der Waals surface area contributed by atoms with E-state index in [1.165, 1.54) is 17.8 Å². The number of rotatable bonds is 6. The Labute approximate surface area is 143 Å². The highest BCUT2D eigenvalue weighted by molar-refractivity contribution is 7.98. The summed E-state index contributed by atoms with van der Waals surface area (Å²) in [6.45, 7) is 6.86. The Bertz CT molecular complexity index is 867. The van der Waals surface area contributed by atoms with Crippen molar-refractivity contribution in [1.82, 2.24) is 24.7 Å². The molecule has 3 aromatic rings. The molecule has 7 nitrogen and oxygen atoms in total. The maximum absolute atomic E-state index is 11.5. The summed E-state index contributed by atoms with van der Waals surface area (Å²) in [6.07, 6.45) is 1.62. The molecule has 0 aromatic carbocycles. The van der Waals surface area contributed by atoms with E-state index in [0.717, 1.165) is 11.7 Å². The van der Waals surface area contributed by atoms with Crippen LogP contribution in [0.4, 0.5) is 0 Å². The predicted molar refractivity (Wildman–Crippen MR) is 91.7 cm³/mol. The minimum atomic E-state index is -0.141. The Morgan fingerprint density at radius 1 is 1.38 bits per heavy atom. The van der Waals surface area contributed by atoms with Gasteiger partial charge in [-0.2, -0.15) is 0 Å². The van der Waals surface area contributed by atoms with Gasteiger partial charge in [0.1, 0.15) is 5.82 Å². The summed E-state index contributed by atoms with van der Waals surface area (Å²) >= 11 is 1.49. The number of nitrogens with one attached hydrogen (secondary N) is 1. The molecule has 0 amide bonds. The summed E-state index contributed by atoms with van der Waals surface area (Å²) in [5.74, 6) is 2.99. The van der Waals surface area contributed by atoms with Crippen LogP contribution in [0.1, 0.15) is 25.4 Å². The van der Waals surface area contributed by atoms with Gasteiger partial charge >= 0.3 is 0 Å². The average Bonchev–Trinajstić information content (AvgIpc) is 3.13. The fraction of sp³-hybridized carbons (Fsp3) is 0.375. The molecule has 0 spiro atoms. The van der Waals surface area contributed by atoms with Crippen LogP contribution >= 0.6 is 11.8 Å². The fourth-order valence-corrected chi connectivity index (χ4v) is 3.17. The van der Waals surface area contributed by atoms with Gasteiger partial charge in [-0.3, -0.25) is 9.36 Å². The SMILES string of the molecule is Cc1cc(=O)[nH]c(CSc2nnc(-c3ccco3)n2CC(C)C)n1. The van der Waals surface area contributed by atoms with Crippen LogP contribution in [-0.4, -0.2) is 24.7 Å². The topological polar surface area (TPSA) is 89.6 Å². The Kier molecular flexibility index (Phi) is 4.84. The zero-order chi connectivity index (χ0) is 17.1. The lowest BCUT2D eigenvalue weighted by Crippen LogP contribution is -2.11. The van der Waals surface area contributed by atoms with Crippen LogP contribution in [0.5, 0.6) is 0 Å². The summed E-state index contributed by atoms with van der Waals surface area (Å²) < 4.78 is 7.50. The zero-order valence-corrected chi connectivity index (χ0v) is 14.6. The molecule has 0 aliphatic heterocycles. The first kappa shape index (κ1) is 16.5. The van der Waals surface area contributed by atoms with Gasteiger partial charge in [-0.1, -0.05) is 25.6 Å². The molecule has 0 saturated heterocycles. The van der Waals surface area contributed by atoms with Crippen molar-refractivity contribution in [3.63, 3.8) is 0 Å². The second kappa shape index (κ2) is 7.04. The second-order valence-electron chi connectivity index (χ2n) is 5.91. The lowest BCUT2D eigenvalue weighted by molar-refractivity contribution is 0.489. The zero-order valence-electron chi connectivity index (χ0n) is 13.8. The number of hydrogen-bond acceptors (Lipinski definition) is 6. The molecule has 0 aliphatic carbocycles. The monoisotopic (exact) mass is 345 g/mol. The highest BCUT2D eigenvalue weighted by atomic mass is 32.2. The number of furan rings is 1. The predicted octanol–water partition coefficient (Wildman–Crippen LogP) is 2.88. The molecule has 0 saturated carbocycles. The summed E-state index contributed by atoms with van der Waals surface area (Å²) in [5, 5.41) is 9.32. The number of thioether (sulfide) groups is 1. The molecule has 8 heteroatoms. The molecule has 0 bridgehead atoms. The first-order chi connectivity index (χ1) is 11.5. The van der Waals surface area contributed by atoms with E-state index in [2.05, 4.69) is 34.0 Å². The molecular formula is C16H19N5O2S. The summed E-state index contributed by atoms with van der Waals surface area (Å²) in [5.41, 5.74) is 0.562. The Hall–Kier alpha value is -2.35. The van der Waals surface area contributed by atoms with Gasteiger partial charge in [0.2, 0.25) is 0 Å². The van der Waals surface area contributed by atoms with E-state index in [0.29, 0.717) is 34.8 Å². The maximum Gasteiger partial charge on any atom is 0.251 e. The van der Waals surface area contributed by atoms with Crippen molar-refractivity contribution in [1.29, 1.82) is 0 Å². The number of nitrogens with zero attached hydrogens (tertiary/aromatic N) is 4. The van der Waals surface area contributed by atoms with Gasteiger partial charge in [0, 0.05) is 18.3 Å². The van der Waals surface area contributed by atoms with Crippen LogP contribution < -0.4 is 5.56 Å². The Morgan fingerprint density at radius 3 is 2.88 bits per heavy atom. The standard InChI is InChI=1S/C16H19N5O2S/c1-10(2)8-21-15(12-5-4-6-23-12)19-20-16(21)24-9-13-17-11(3)7-14(22)18-13/h4-7,10H,8-9H2,1-3H3,(H,17,18,22). The molecule has 3 rings (SSSR count). The van der Waals surface area contributed by atoms with Crippen molar-refractivity contribution in [2.75, 3.05) is 0 Å². The minimum absolute atomic E-state index is 0.141. The minimum Gasteiger partial charge on any atom is -0.461 e. The molecule has 0 atom stereocenters. The third kappa shape index (κ3) is 3.76. The van der Waals surface area contributed by atoms with Crippen LogP contribution in [0.15, 0.2) is 38.8 Å². The van der Waals surface area contributed by atoms with E-state index < -0.39 is 0 Å². The van der Waals surface area contributed by atoms with Crippen LogP contribution in [0.3, 0.4) is 0 Å². The quantitative estimate of drug-likeness (QED) is 0.691. The molecule has 24 heavy (non-hydrogen) atoms. The lowest BCUT2D eigenvalue weighted by atomic mass is 10.2.